The Hall–Kier alpha value is -4.68. The Morgan fingerprint density at radius 2 is 1.32 bits per heavy atom. The summed E-state index contributed by atoms with van der Waals surface area (Å²) >= 11 is 0. The van der Waals surface area contributed by atoms with Crippen molar-refractivity contribution in [1.29, 1.82) is 0 Å². The van der Waals surface area contributed by atoms with Crippen molar-refractivity contribution >= 4 is 41.0 Å². The fourth-order valence-corrected chi connectivity index (χ4v) is 3.13. The molecule has 0 saturated carbocycles. The van der Waals surface area contributed by atoms with Crippen LogP contribution in [-0.4, -0.2) is 75.4 Å². The molecule has 0 atom stereocenters. The van der Waals surface area contributed by atoms with E-state index >= 15 is 0 Å². The normalized spacial score (nSPS) is 11.3. The fraction of sp³-hybridized carbons (Fsp3) is 0.238. The van der Waals surface area contributed by atoms with Gasteiger partial charge in [-0.15, -0.1) is 0 Å². The zero-order chi connectivity index (χ0) is 25.0. The number of aromatic nitrogens is 3. The molecule has 0 spiro atoms. The number of oxime groups is 1. The molecule has 0 saturated heterocycles. The predicted molar refractivity (Wildman–Crippen MR) is 128 cm³/mol. The van der Waals surface area contributed by atoms with E-state index in [0.717, 1.165) is 0 Å². The Morgan fingerprint density at radius 1 is 0.853 bits per heavy atom. The van der Waals surface area contributed by atoms with Crippen LogP contribution in [0.1, 0.15) is 6.42 Å². The quantitative estimate of drug-likeness (QED) is 0.224. The molecule has 3 amide bonds. The maximum Gasteiger partial charge on any atom is 0.332 e. The molecule has 3 aromatic heterocycles. The van der Waals surface area contributed by atoms with Gasteiger partial charge in [0.25, 0.3) is 0 Å². The molecule has 0 aromatic carbocycles. The van der Waals surface area contributed by atoms with Gasteiger partial charge < -0.3 is 21.6 Å². The van der Waals surface area contributed by atoms with E-state index in [4.69, 9.17) is 16.7 Å². The minimum Gasteiger partial charge on any atom is -0.409 e. The van der Waals surface area contributed by atoms with Crippen LogP contribution < -0.4 is 21.3 Å². The summed E-state index contributed by atoms with van der Waals surface area (Å²) in [4.78, 5) is 42.3. The maximum atomic E-state index is 13.0. The molecule has 3 heterocycles. The molecule has 0 unspecified atom stereocenters. The smallest absolute Gasteiger partial charge is 0.332 e. The Balaban J connectivity index is 1.67. The summed E-state index contributed by atoms with van der Waals surface area (Å²) in [6.45, 7) is 0.255. The maximum absolute atomic E-state index is 13.0. The third-order valence-corrected chi connectivity index (χ3v) is 5.24. The third kappa shape index (κ3) is 5.03. The summed E-state index contributed by atoms with van der Waals surface area (Å²) in [5.41, 5.74) is 12.6. The summed E-state index contributed by atoms with van der Waals surface area (Å²) in [5.74, 6) is 0.0223. The summed E-state index contributed by atoms with van der Waals surface area (Å²) in [6, 6.07) is 3.82. The Bertz CT molecular complexity index is 1220. The minimum atomic E-state index is -0.386. The van der Waals surface area contributed by atoms with Crippen LogP contribution in [0.5, 0.6) is 0 Å². The summed E-state index contributed by atoms with van der Waals surface area (Å²) in [5, 5.41) is 11.5. The van der Waals surface area contributed by atoms with Crippen LogP contribution in [0.4, 0.5) is 31.4 Å². The van der Waals surface area contributed by atoms with Gasteiger partial charge in [-0.2, -0.15) is 0 Å². The number of hydrogen-bond acceptors (Lipinski definition) is 6. The van der Waals surface area contributed by atoms with E-state index in [1.165, 1.54) is 53.2 Å². The molecular formula is C21H27N9O4. The highest BCUT2D eigenvalue weighted by Crippen LogP contribution is 2.19. The first-order chi connectivity index (χ1) is 16.1. The highest BCUT2D eigenvalue weighted by atomic mass is 16.4. The average Bonchev–Trinajstić information content (AvgIpc) is 3.60. The lowest BCUT2D eigenvalue weighted by molar-refractivity contribution is 0.211. The second-order valence-electron chi connectivity index (χ2n) is 7.63. The van der Waals surface area contributed by atoms with Crippen LogP contribution in [0, 0.1) is 0 Å². The fourth-order valence-electron chi connectivity index (χ4n) is 3.13. The van der Waals surface area contributed by atoms with Gasteiger partial charge in [0.1, 0.15) is 5.84 Å². The van der Waals surface area contributed by atoms with E-state index in [9.17, 15) is 14.4 Å². The number of hydrogen-bond donors (Lipinski definition) is 3. The third-order valence-electron chi connectivity index (χ3n) is 5.24. The molecule has 180 valence electrons. The molecule has 0 bridgehead atoms. The number of nitrogens with zero attached hydrogens (tertiary/aromatic N) is 7. The van der Waals surface area contributed by atoms with Gasteiger partial charge in [0.15, 0.2) is 0 Å². The van der Waals surface area contributed by atoms with Crippen LogP contribution in [-0.2, 0) is 0 Å². The molecule has 0 aliphatic carbocycles. The predicted octanol–water partition coefficient (Wildman–Crippen LogP) is 1.92. The van der Waals surface area contributed by atoms with Gasteiger partial charge in [0.05, 0.1) is 11.4 Å². The van der Waals surface area contributed by atoms with Crippen LogP contribution >= 0.6 is 0 Å². The Labute approximate surface area is 195 Å². The first-order valence-corrected chi connectivity index (χ1v) is 10.2. The average molecular weight is 470 g/mol. The van der Waals surface area contributed by atoms with Crippen LogP contribution in [0.3, 0.4) is 0 Å². The Morgan fingerprint density at radius 3 is 1.79 bits per heavy atom. The van der Waals surface area contributed by atoms with Crippen molar-refractivity contribution in [2.45, 2.75) is 6.42 Å². The van der Waals surface area contributed by atoms with Gasteiger partial charge in [0.2, 0.25) is 0 Å². The van der Waals surface area contributed by atoms with Gasteiger partial charge in [0, 0.05) is 77.0 Å². The van der Waals surface area contributed by atoms with Crippen LogP contribution in [0.2, 0.25) is 0 Å². The molecular weight excluding hydrogens is 442 g/mol. The number of nitrogen functional groups attached to an aromatic ring is 1. The minimum absolute atomic E-state index is 0.0223. The highest BCUT2D eigenvalue weighted by Gasteiger charge is 2.19. The SMILES string of the molecule is CN(CCC(N)=NO)C(=O)n1ccc(N(C)C(=O)n2ccc(N(C)C(=O)n3ccc(N)c3)c2)c1. The number of nitrogens with two attached hydrogens (primary N) is 2. The topological polar surface area (TPSA) is 160 Å². The molecule has 0 fully saturated rings. The second kappa shape index (κ2) is 9.85. The zero-order valence-electron chi connectivity index (χ0n) is 19.1. The molecule has 3 rings (SSSR count). The number of carbonyl (C=O) groups is 3. The molecule has 13 nitrogen and oxygen atoms in total. The molecule has 3 aromatic rings. The van der Waals surface area contributed by atoms with Crippen molar-refractivity contribution in [3.8, 4) is 0 Å². The number of rotatable bonds is 5. The number of anilines is 3. The lowest BCUT2D eigenvalue weighted by atomic mass is 10.4. The van der Waals surface area contributed by atoms with Crippen molar-refractivity contribution < 1.29 is 19.6 Å². The second-order valence-corrected chi connectivity index (χ2v) is 7.63. The Kier molecular flexibility index (Phi) is 6.95. The van der Waals surface area contributed by atoms with E-state index in [1.54, 1.807) is 51.7 Å². The first-order valence-electron chi connectivity index (χ1n) is 10.2. The van der Waals surface area contributed by atoms with Crippen molar-refractivity contribution in [2.24, 2.45) is 10.9 Å². The first kappa shape index (κ1) is 24.0. The van der Waals surface area contributed by atoms with E-state index < -0.39 is 0 Å². The summed E-state index contributed by atoms with van der Waals surface area (Å²) in [6.07, 6.45) is 9.43. The molecule has 0 aliphatic rings. The van der Waals surface area contributed by atoms with E-state index in [1.807, 2.05) is 0 Å². The number of carbonyl (C=O) groups excluding carboxylic acids is 3. The van der Waals surface area contributed by atoms with E-state index in [2.05, 4.69) is 5.16 Å². The standard InChI is InChI=1S/C21H27N9O4/c1-25(8-7-18(23)24-34)19(31)29-10-5-16(13-29)27(3)21(33)30-11-6-17(14-30)26(2)20(32)28-9-4-15(22)12-28/h4-6,9-14,34H,7-8,22H2,1-3H3,(H2,23,24). The largest absolute Gasteiger partial charge is 0.409 e. The van der Waals surface area contributed by atoms with Gasteiger partial charge in [-0.25, -0.2) is 14.4 Å². The lowest BCUT2D eigenvalue weighted by Crippen LogP contribution is -2.33. The molecule has 13 heteroatoms. The van der Waals surface area contributed by atoms with Crippen molar-refractivity contribution in [1.82, 2.24) is 18.6 Å². The zero-order valence-corrected chi connectivity index (χ0v) is 19.1. The van der Waals surface area contributed by atoms with E-state index in [0.29, 0.717) is 17.1 Å². The van der Waals surface area contributed by atoms with Crippen molar-refractivity contribution in [3.63, 3.8) is 0 Å². The van der Waals surface area contributed by atoms with Gasteiger partial charge in [-0.3, -0.25) is 23.5 Å². The summed E-state index contributed by atoms with van der Waals surface area (Å²) < 4.78 is 4.02. The number of amidine groups is 1. The van der Waals surface area contributed by atoms with Crippen molar-refractivity contribution in [3.05, 3.63) is 55.4 Å². The number of amides is 3. The lowest BCUT2D eigenvalue weighted by Gasteiger charge is -2.18. The van der Waals surface area contributed by atoms with Gasteiger partial charge in [-0.05, 0) is 18.2 Å². The van der Waals surface area contributed by atoms with Crippen molar-refractivity contribution in [2.75, 3.05) is 43.2 Å². The monoisotopic (exact) mass is 469 g/mol. The van der Waals surface area contributed by atoms with Gasteiger partial charge >= 0.3 is 18.1 Å². The van der Waals surface area contributed by atoms with Crippen LogP contribution in [0.25, 0.3) is 0 Å². The highest BCUT2D eigenvalue weighted by molar-refractivity contribution is 5.96. The summed E-state index contributed by atoms with van der Waals surface area (Å²) in [7, 11) is 4.75. The molecule has 34 heavy (non-hydrogen) atoms. The molecule has 0 radical (unpaired) electrons. The molecule has 5 N–H and O–H groups in total. The van der Waals surface area contributed by atoms with Crippen LogP contribution in [0.15, 0.2) is 60.5 Å². The molecule has 0 aliphatic heterocycles. The van der Waals surface area contributed by atoms with E-state index in [-0.39, 0.29) is 36.9 Å². The van der Waals surface area contributed by atoms with Gasteiger partial charge in [-0.1, -0.05) is 5.16 Å².